The number of benzene rings is 3. The normalized spacial score (nSPS) is 11.7. The monoisotopic (exact) mass is 385 g/mol. The lowest BCUT2D eigenvalue weighted by Crippen LogP contribution is -2.29. The fourth-order valence-corrected chi connectivity index (χ4v) is 3.08. The number of hydrogen-bond donors (Lipinski definition) is 1. The van der Waals surface area contributed by atoms with Crippen molar-refractivity contribution in [1.82, 2.24) is 5.32 Å². The van der Waals surface area contributed by atoms with E-state index in [1.165, 1.54) is 0 Å². The largest absolute Gasteiger partial charge is 0.497 e. The minimum absolute atomic E-state index is 0.244. The van der Waals surface area contributed by atoms with Crippen LogP contribution in [0.15, 0.2) is 72.8 Å². The first-order valence-electron chi connectivity index (χ1n) is 8.04. The van der Waals surface area contributed by atoms with Crippen LogP contribution in [-0.2, 0) is 0 Å². The van der Waals surface area contributed by atoms with Gasteiger partial charge >= 0.3 is 0 Å². The fourth-order valence-electron chi connectivity index (χ4n) is 2.69. The maximum Gasteiger partial charge on any atom is 0.253 e. The number of ether oxygens (including phenoxy) is 1. The number of methoxy groups -OCH3 is 1. The van der Waals surface area contributed by atoms with E-state index in [1.807, 2.05) is 54.6 Å². The van der Waals surface area contributed by atoms with Crippen molar-refractivity contribution in [2.75, 3.05) is 7.11 Å². The molecule has 3 aromatic rings. The Morgan fingerprint density at radius 3 is 2.19 bits per heavy atom. The summed E-state index contributed by atoms with van der Waals surface area (Å²) in [6.07, 6.45) is 0. The van der Waals surface area contributed by atoms with E-state index in [-0.39, 0.29) is 17.0 Å². The second kappa shape index (κ2) is 8.26. The van der Waals surface area contributed by atoms with E-state index in [0.29, 0.717) is 10.6 Å². The van der Waals surface area contributed by atoms with Crippen LogP contribution in [0.25, 0.3) is 0 Å². The molecule has 0 aliphatic carbocycles. The molecule has 3 nitrogen and oxygen atoms in total. The first-order valence-corrected chi connectivity index (χ1v) is 8.79. The predicted octanol–water partition coefficient (Wildman–Crippen LogP) is 5.52. The molecule has 0 aliphatic rings. The van der Waals surface area contributed by atoms with Crippen molar-refractivity contribution in [3.05, 3.63) is 99.5 Å². The van der Waals surface area contributed by atoms with Crippen LogP contribution in [0.4, 0.5) is 0 Å². The highest BCUT2D eigenvalue weighted by atomic mass is 35.5. The van der Waals surface area contributed by atoms with Gasteiger partial charge in [0.1, 0.15) is 5.75 Å². The zero-order valence-electron chi connectivity index (χ0n) is 14.1. The van der Waals surface area contributed by atoms with E-state index in [1.54, 1.807) is 25.3 Å². The van der Waals surface area contributed by atoms with Gasteiger partial charge in [0.05, 0.1) is 28.8 Å². The summed E-state index contributed by atoms with van der Waals surface area (Å²) in [5.41, 5.74) is 2.24. The minimum atomic E-state index is -0.329. The van der Waals surface area contributed by atoms with Gasteiger partial charge in [-0.05, 0) is 35.4 Å². The van der Waals surface area contributed by atoms with E-state index < -0.39 is 0 Å². The molecular formula is C21H17Cl2NO2. The molecule has 3 rings (SSSR count). The summed E-state index contributed by atoms with van der Waals surface area (Å²) in [5, 5.41) is 3.64. The molecule has 0 fully saturated rings. The summed E-state index contributed by atoms with van der Waals surface area (Å²) in [6, 6.07) is 22.0. The number of amides is 1. The molecule has 0 saturated carbocycles. The Kier molecular flexibility index (Phi) is 5.82. The molecule has 5 heteroatoms. The summed E-state index contributed by atoms with van der Waals surface area (Å²) >= 11 is 12.2. The molecule has 0 spiro atoms. The summed E-state index contributed by atoms with van der Waals surface area (Å²) < 4.78 is 5.21. The summed E-state index contributed by atoms with van der Waals surface area (Å²) in [5.74, 6) is 0.465. The average Bonchev–Trinajstić information content (AvgIpc) is 2.69. The molecule has 0 aromatic heterocycles. The van der Waals surface area contributed by atoms with Crippen molar-refractivity contribution in [2.24, 2.45) is 0 Å². The highest BCUT2D eigenvalue weighted by Gasteiger charge is 2.20. The van der Waals surface area contributed by atoms with E-state index in [2.05, 4.69) is 5.32 Å². The van der Waals surface area contributed by atoms with Gasteiger partial charge in [-0.1, -0.05) is 71.7 Å². The maximum atomic E-state index is 12.8. The third kappa shape index (κ3) is 4.01. The van der Waals surface area contributed by atoms with Crippen molar-refractivity contribution in [3.63, 3.8) is 0 Å². The van der Waals surface area contributed by atoms with Gasteiger partial charge in [0.25, 0.3) is 5.91 Å². The van der Waals surface area contributed by atoms with Gasteiger partial charge in [0, 0.05) is 0 Å². The molecule has 26 heavy (non-hydrogen) atoms. The van der Waals surface area contributed by atoms with Crippen molar-refractivity contribution < 1.29 is 9.53 Å². The SMILES string of the molecule is COc1ccc(C(NC(=O)c2cccc(Cl)c2Cl)c2ccccc2)cc1. The number of halogens is 2. The van der Waals surface area contributed by atoms with Crippen LogP contribution in [0.1, 0.15) is 27.5 Å². The predicted molar refractivity (Wildman–Crippen MR) is 105 cm³/mol. The van der Waals surface area contributed by atoms with Crippen LogP contribution in [-0.4, -0.2) is 13.0 Å². The highest BCUT2D eigenvalue weighted by Crippen LogP contribution is 2.28. The molecule has 0 heterocycles. The van der Waals surface area contributed by atoms with Crippen molar-refractivity contribution >= 4 is 29.1 Å². The molecule has 3 aromatic carbocycles. The first kappa shape index (κ1) is 18.3. The zero-order chi connectivity index (χ0) is 18.5. The Bertz CT molecular complexity index is 896. The molecule has 0 radical (unpaired) electrons. The molecule has 1 N–H and O–H groups in total. The van der Waals surface area contributed by atoms with E-state index in [4.69, 9.17) is 27.9 Å². The quantitative estimate of drug-likeness (QED) is 0.627. The Labute approximate surface area is 162 Å². The van der Waals surface area contributed by atoms with Crippen LogP contribution in [0.3, 0.4) is 0 Å². The third-order valence-electron chi connectivity index (χ3n) is 4.05. The number of carbonyl (C=O) groups excluding carboxylic acids is 1. The molecule has 1 unspecified atom stereocenters. The number of hydrogen-bond acceptors (Lipinski definition) is 2. The maximum absolute atomic E-state index is 12.8. The summed E-state index contributed by atoms with van der Waals surface area (Å²) in [4.78, 5) is 12.8. The van der Waals surface area contributed by atoms with E-state index in [9.17, 15) is 4.79 Å². The van der Waals surface area contributed by atoms with Crippen LogP contribution < -0.4 is 10.1 Å². The second-order valence-corrected chi connectivity index (χ2v) is 6.48. The molecule has 0 saturated heterocycles. The molecule has 0 aliphatic heterocycles. The molecule has 132 valence electrons. The lowest BCUT2D eigenvalue weighted by atomic mass is 9.98. The van der Waals surface area contributed by atoms with Crippen molar-refractivity contribution in [2.45, 2.75) is 6.04 Å². The Morgan fingerprint density at radius 1 is 0.885 bits per heavy atom. The fraction of sp³-hybridized carbons (Fsp3) is 0.0952. The van der Waals surface area contributed by atoms with Crippen molar-refractivity contribution in [3.8, 4) is 5.75 Å². The van der Waals surface area contributed by atoms with E-state index in [0.717, 1.165) is 16.9 Å². The Balaban J connectivity index is 1.95. The Hall–Kier alpha value is -2.49. The van der Waals surface area contributed by atoms with E-state index >= 15 is 0 Å². The first-order chi connectivity index (χ1) is 12.6. The molecular weight excluding hydrogens is 369 g/mol. The lowest BCUT2D eigenvalue weighted by molar-refractivity contribution is 0.0943. The van der Waals surface area contributed by atoms with Gasteiger partial charge in [-0.2, -0.15) is 0 Å². The Morgan fingerprint density at radius 2 is 1.54 bits per heavy atom. The van der Waals surface area contributed by atoms with Crippen LogP contribution in [0, 0.1) is 0 Å². The minimum Gasteiger partial charge on any atom is -0.497 e. The molecule has 0 bridgehead atoms. The number of nitrogens with one attached hydrogen (secondary N) is 1. The second-order valence-electron chi connectivity index (χ2n) is 5.69. The average molecular weight is 386 g/mol. The van der Waals surface area contributed by atoms with Crippen LogP contribution >= 0.6 is 23.2 Å². The smallest absolute Gasteiger partial charge is 0.253 e. The van der Waals surface area contributed by atoms with Gasteiger partial charge in [-0.25, -0.2) is 0 Å². The lowest BCUT2D eigenvalue weighted by Gasteiger charge is -2.20. The standard InChI is InChI=1S/C21H17Cl2NO2/c1-26-16-12-10-15(11-13-16)20(14-6-3-2-4-7-14)24-21(25)17-8-5-9-18(22)19(17)23/h2-13,20H,1H3,(H,24,25). The molecule has 1 atom stereocenters. The van der Waals surface area contributed by atoms with Crippen molar-refractivity contribution in [1.29, 1.82) is 0 Å². The number of rotatable bonds is 5. The van der Waals surface area contributed by atoms with Gasteiger partial charge in [0.15, 0.2) is 0 Å². The summed E-state index contributed by atoms with van der Waals surface area (Å²) in [7, 11) is 1.62. The zero-order valence-corrected chi connectivity index (χ0v) is 15.6. The topological polar surface area (TPSA) is 38.3 Å². The van der Waals surface area contributed by atoms with Gasteiger partial charge in [0.2, 0.25) is 0 Å². The van der Waals surface area contributed by atoms with Crippen LogP contribution in [0.5, 0.6) is 5.75 Å². The summed E-state index contributed by atoms with van der Waals surface area (Å²) in [6.45, 7) is 0. The van der Waals surface area contributed by atoms with Gasteiger partial charge < -0.3 is 10.1 Å². The highest BCUT2D eigenvalue weighted by molar-refractivity contribution is 6.43. The molecule has 1 amide bonds. The number of carbonyl (C=O) groups is 1. The van der Waals surface area contributed by atoms with Crippen LogP contribution in [0.2, 0.25) is 10.0 Å². The van der Waals surface area contributed by atoms with Gasteiger partial charge in [-0.3, -0.25) is 4.79 Å². The third-order valence-corrected chi connectivity index (χ3v) is 4.87. The van der Waals surface area contributed by atoms with Gasteiger partial charge in [-0.15, -0.1) is 0 Å².